The number of anilines is 1. The van der Waals surface area contributed by atoms with Crippen molar-refractivity contribution in [2.75, 3.05) is 5.32 Å². The molecule has 1 heterocycles. The molecule has 3 aromatic carbocycles. The molecule has 0 spiro atoms. The van der Waals surface area contributed by atoms with Crippen LogP contribution >= 0.6 is 0 Å². The molecule has 0 saturated heterocycles. The van der Waals surface area contributed by atoms with Gasteiger partial charge in [0.15, 0.2) is 11.6 Å². The number of ketones is 2. The van der Waals surface area contributed by atoms with Crippen LogP contribution in [0.4, 0.5) is 5.69 Å². The number of nitrogens with zero attached hydrogens (tertiary/aromatic N) is 1. The molecular formula is C25H16N2O3. The predicted molar refractivity (Wildman–Crippen MR) is 114 cm³/mol. The highest BCUT2D eigenvalue weighted by atomic mass is 16.2. The van der Waals surface area contributed by atoms with Gasteiger partial charge in [0, 0.05) is 22.1 Å². The molecule has 0 unspecified atom stereocenters. The van der Waals surface area contributed by atoms with Crippen LogP contribution in [0.5, 0.6) is 0 Å². The van der Waals surface area contributed by atoms with Gasteiger partial charge in [-0.3, -0.25) is 14.4 Å². The third-order valence-electron chi connectivity index (χ3n) is 5.30. The fourth-order valence-electron chi connectivity index (χ4n) is 3.82. The molecule has 144 valence electrons. The summed E-state index contributed by atoms with van der Waals surface area (Å²) in [5, 5.41) is 3.69. The van der Waals surface area contributed by atoms with Gasteiger partial charge in [-0.2, -0.15) is 0 Å². The van der Waals surface area contributed by atoms with Crippen molar-refractivity contribution in [3.05, 3.63) is 107 Å². The quantitative estimate of drug-likeness (QED) is 0.515. The Morgan fingerprint density at radius 3 is 2.10 bits per heavy atom. The number of hydrogen-bond acceptors (Lipinski definition) is 4. The van der Waals surface area contributed by atoms with E-state index in [2.05, 4.69) is 10.3 Å². The number of nitrogens with one attached hydrogen (secondary N) is 1. The number of benzene rings is 3. The maximum atomic E-state index is 12.9. The second-order valence-corrected chi connectivity index (χ2v) is 7.14. The van der Waals surface area contributed by atoms with Gasteiger partial charge in [0.05, 0.1) is 16.9 Å². The van der Waals surface area contributed by atoms with E-state index in [0.29, 0.717) is 33.6 Å². The molecule has 0 bridgehead atoms. The predicted octanol–water partition coefficient (Wildman–Crippen LogP) is 4.65. The minimum absolute atomic E-state index is 0.242. The number of pyridine rings is 1. The standard InChI is InChI=1S/C25H16N2O3/c28-23-17-10-4-5-11-18(17)24(29)21(23)19-14-13-15-9-6-12-20(22(15)26-19)27-25(30)16-7-2-1-3-8-16/h1-14,21H,(H,27,30). The van der Waals surface area contributed by atoms with Gasteiger partial charge in [-0.05, 0) is 24.3 Å². The second kappa shape index (κ2) is 7.04. The molecule has 0 saturated carbocycles. The van der Waals surface area contributed by atoms with Crippen molar-refractivity contribution in [2.45, 2.75) is 5.92 Å². The molecule has 1 amide bonds. The number of aromatic nitrogens is 1. The van der Waals surface area contributed by atoms with Gasteiger partial charge < -0.3 is 5.32 Å². The van der Waals surface area contributed by atoms with Gasteiger partial charge in [0.1, 0.15) is 5.92 Å². The zero-order chi connectivity index (χ0) is 20.7. The molecule has 0 fully saturated rings. The maximum Gasteiger partial charge on any atom is 0.255 e. The van der Waals surface area contributed by atoms with Crippen molar-refractivity contribution in [3.8, 4) is 0 Å². The van der Waals surface area contributed by atoms with Gasteiger partial charge in [0.25, 0.3) is 5.91 Å². The minimum atomic E-state index is -0.954. The number of para-hydroxylation sites is 1. The number of carbonyl (C=O) groups excluding carboxylic acids is 3. The van der Waals surface area contributed by atoms with E-state index in [1.54, 1.807) is 60.7 Å². The molecule has 1 N–H and O–H groups in total. The minimum Gasteiger partial charge on any atom is -0.320 e. The molecule has 4 aromatic rings. The zero-order valence-corrected chi connectivity index (χ0v) is 15.8. The van der Waals surface area contributed by atoms with E-state index >= 15 is 0 Å². The van der Waals surface area contributed by atoms with E-state index in [0.717, 1.165) is 5.39 Å². The smallest absolute Gasteiger partial charge is 0.255 e. The summed E-state index contributed by atoms with van der Waals surface area (Å²) in [4.78, 5) is 43.0. The number of fused-ring (bicyclic) bond motifs is 2. The summed E-state index contributed by atoms with van der Waals surface area (Å²) >= 11 is 0. The Bertz CT molecular complexity index is 1290. The first-order valence-electron chi connectivity index (χ1n) is 9.57. The SMILES string of the molecule is O=C(Nc1cccc2ccc(C3C(=O)c4ccccc4C3=O)nc12)c1ccccc1. The van der Waals surface area contributed by atoms with E-state index in [-0.39, 0.29) is 17.5 Å². The summed E-state index contributed by atoms with van der Waals surface area (Å²) in [6.07, 6.45) is 0. The lowest BCUT2D eigenvalue weighted by atomic mass is 9.98. The van der Waals surface area contributed by atoms with E-state index < -0.39 is 5.92 Å². The Morgan fingerprint density at radius 2 is 1.40 bits per heavy atom. The molecule has 30 heavy (non-hydrogen) atoms. The lowest BCUT2D eigenvalue weighted by Gasteiger charge is -2.12. The molecule has 1 aliphatic carbocycles. The normalized spacial score (nSPS) is 13.5. The molecule has 5 heteroatoms. The number of Topliss-reactive ketones (excluding diaryl/α,β-unsaturated/α-hetero) is 2. The first-order valence-corrected chi connectivity index (χ1v) is 9.57. The van der Waals surface area contributed by atoms with E-state index in [1.807, 2.05) is 24.3 Å². The Morgan fingerprint density at radius 1 is 0.733 bits per heavy atom. The van der Waals surface area contributed by atoms with Crippen molar-refractivity contribution in [3.63, 3.8) is 0 Å². The van der Waals surface area contributed by atoms with Gasteiger partial charge in [0.2, 0.25) is 0 Å². The first kappa shape index (κ1) is 17.9. The van der Waals surface area contributed by atoms with Crippen molar-refractivity contribution in [1.29, 1.82) is 0 Å². The molecule has 1 aromatic heterocycles. The van der Waals surface area contributed by atoms with Crippen LogP contribution in [0.1, 0.15) is 42.7 Å². The van der Waals surface area contributed by atoms with Gasteiger partial charge in [-0.25, -0.2) is 4.98 Å². The number of carbonyl (C=O) groups is 3. The van der Waals surface area contributed by atoms with Crippen LogP contribution < -0.4 is 5.32 Å². The van der Waals surface area contributed by atoms with Crippen LogP contribution in [0.2, 0.25) is 0 Å². The van der Waals surface area contributed by atoms with Crippen LogP contribution in [-0.2, 0) is 0 Å². The molecule has 5 rings (SSSR count). The van der Waals surface area contributed by atoms with Crippen LogP contribution in [0.15, 0.2) is 84.9 Å². The fraction of sp³-hybridized carbons (Fsp3) is 0.0400. The monoisotopic (exact) mass is 392 g/mol. The zero-order valence-electron chi connectivity index (χ0n) is 15.8. The maximum absolute atomic E-state index is 12.9. The van der Waals surface area contributed by atoms with E-state index in [9.17, 15) is 14.4 Å². The number of rotatable bonds is 3. The van der Waals surface area contributed by atoms with E-state index in [1.165, 1.54) is 0 Å². The molecule has 5 nitrogen and oxygen atoms in total. The number of amides is 1. The summed E-state index contributed by atoms with van der Waals surface area (Å²) in [5.41, 5.74) is 2.84. The second-order valence-electron chi connectivity index (χ2n) is 7.14. The van der Waals surface area contributed by atoms with Crippen molar-refractivity contribution in [1.82, 2.24) is 4.98 Å². The lowest BCUT2D eigenvalue weighted by Crippen LogP contribution is -2.15. The molecular weight excluding hydrogens is 376 g/mol. The lowest BCUT2D eigenvalue weighted by molar-refractivity contribution is 0.0887. The number of hydrogen-bond donors (Lipinski definition) is 1. The topological polar surface area (TPSA) is 76.1 Å². The average Bonchev–Trinajstić information content (AvgIpc) is 3.05. The van der Waals surface area contributed by atoms with Crippen molar-refractivity contribution in [2.24, 2.45) is 0 Å². The van der Waals surface area contributed by atoms with Crippen molar-refractivity contribution >= 4 is 34.1 Å². The third kappa shape index (κ3) is 2.88. The highest BCUT2D eigenvalue weighted by Crippen LogP contribution is 2.34. The Hall–Kier alpha value is -4.12. The van der Waals surface area contributed by atoms with Crippen LogP contribution in [0, 0.1) is 0 Å². The average molecular weight is 392 g/mol. The summed E-state index contributed by atoms with van der Waals surface area (Å²) in [7, 11) is 0. The van der Waals surface area contributed by atoms with Crippen LogP contribution in [-0.4, -0.2) is 22.5 Å². The summed E-state index contributed by atoms with van der Waals surface area (Å²) in [6, 6.07) is 24.7. The highest BCUT2D eigenvalue weighted by molar-refractivity contribution is 6.29. The molecule has 0 atom stereocenters. The Kier molecular flexibility index (Phi) is 4.21. The third-order valence-corrected chi connectivity index (χ3v) is 5.30. The Labute approximate surface area is 172 Å². The molecule has 1 aliphatic rings. The van der Waals surface area contributed by atoms with Crippen LogP contribution in [0.25, 0.3) is 10.9 Å². The Balaban J connectivity index is 1.55. The van der Waals surface area contributed by atoms with Gasteiger partial charge in [-0.1, -0.05) is 60.7 Å². The summed E-state index contributed by atoms with van der Waals surface area (Å²) in [5.74, 6) is -1.69. The first-order chi connectivity index (χ1) is 14.6. The summed E-state index contributed by atoms with van der Waals surface area (Å²) < 4.78 is 0. The fourth-order valence-corrected chi connectivity index (χ4v) is 3.82. The van der Waals surface area contributed by atoms with Gasteiger partial charge in [-0.15, -0.1) is 0 Å². The van der Waals surface area contributed by atoms with Crippen LogP contribution in [0.3, 0.4) is 0 Å². The largest absolute Gasteiger partial charge is 0.320 e. The van der Waals surface area contributed by atoms with Gasteiger partial charge >= 0.3 is 0 Å². The van der Waals surface area contributed by atoms with Crippen molar-refractivity contribution < 1.29 is 14.4 Å². The highest BCUT2D eigenvalue weighted by Gasteiger charge is 2.40. The molecule has 0 radical (unpaired) electrons. The summed E-state index contributed by atoms with van der Waals surface area (Å²) in [6.45, 7) is 0. The molecule has 0 aliphatic heterocycles. The van der Waals surface area contributed by atoms with E-state index in [4.69, 9.17) is 0 Å².